The smallest absolute Gasteiger partial charge is 0.341 e. The number of aliphatic hydroxyl groups is 2. The van der Waals surface area contributed by atoms with Crippen LogP contribution in [0.2, 0.25) is 0 Å². The molecule has 1 rings (SSSR count). The first-order chi connectivity index (χ1) is 9.51. The first kappa shape index (κ1) is 15.8. The number of aliphatic hydroxyl groups excluding tert-OH is 2. The van der Waals surface area contributed by atoms with Gasteiger partial charge in [-0.25, -0.2) is 4.79 Å². The lowest BCUT2D eigenvalue weighted by Crippen LogP contribution is -2.19. The van der Waals surface area contributed by atoms with Crippen LogP contribution in [0.5, 0.6) is 5.75 Å². The highest BCUT2D eigenvalue weighted by atomic mass is 16.5. The third-order valence-corrected chi connectivity index (χ3v) is 2.72. The molecule has 0 amide bonds. The zero-order valence-electron chi connectivity index (χ0n) is 10.8. The van der Waals surface area contributed by atoms with E-state index in [0.717, 1.165) is 0 Å². The number of carbonyl (C=O) groups is 1. The highest BCUT2D eigenvalue weighted by molar-refractivity contribution is 5.92. The van der Waals surface area contributed by atoms with Gasteiger partial charge in [-0.2, -0.15) is 0 Å². The van der Waals surface area contributed by atoms with Crippen LogP contribution in [-0.2, 0) is 4.74 Å². The first-order valence-electron chi connectivity index (χ1n) is 5.79. The van der Waals surface area contributed by atoms with E-state index in [1.807, 2.05) is 0 Å². The standard InChI is InChI=1S/C12H15N3O5/c1-20-12(19)8-6-7(2-3-9(8)16)11(18)10(17)4-5-14-15-13/h2-3,6,10-11,16-18H,4-5H2,1H3. The molecule has 8 heteroatoms. The average Bonchev–Trinajstić information content (AvgIpc) is 2.46. The molecule has 0 aromatic heterocycles. The fraction of sp³-hybridized carbons (Fsp3) is 0.417. The summed E-state index contributed by atoms with van der Waals surface area (Å²) in [6, 6.07) is 3.84. The molecule has 8 nitrogen and oxygen atoms in total. The van der Waals surface area contributed by atoms with Crippen LogP contribution in [0.15, 0.2) is 23.3 Å². The van der Waals surface area contributed by atoms with Crippen LogP contribution in [0.25, 0.3) is 10.4 Å². The van der Waals surface area contributed by atoms with Gasteiger partial charge in [-0.05, 0) is 29.6 Å². The highest BCUT2D eigenvalue weighted by Gasteiger charge is 2.21. The topological polar surface area (TPSA) is 136 Å². The number of hydrogen-bond donors (Lipinski definition) is 3. The molecular formula is C12H15N3O5. The molecule has 2 unspecified atom stereocenters. The van der Waals surface area contributed by atoms with Crippen molar-refractivity contribution in [1.29, 1.82) is 0 Å². The minimum absolute atomic E-state index is 0.0384. The molecule has 0 saturated carbocycles. The fourth-order valence-corrected chi connectivity index (χ4v) is 1.63. The van der Waals surface area contributed by atoms with Gasteiger partial charge >= 0.3 is 5.97 Å². The van der Waals surface area contributed by atoms with Crippen molar-refractivity contribution in [1.82, 2.24) is 0 Å². The van der Waals surface area contributed by atoms with Gasteiger partial charge in [-0.15, -0.1) is 0 Å². The molecular weight excluding hydrogens is 266 g/mol. The third kappa shape index (κ3) is 3.86. The van der Waals surface area contributed by atoms with Crippen molar-refractivity contribution >= 4 is 5.97 Å². The molecule has 3 N–H and O–H groups in total. The molecule has 0 bridgehead atoms. The Labute approximate surface area is 114 Å². The molecule has 0 heterocycles. The zero-order chi connectivity index (χ0) is 15.1. The summed E-state index contributed by atoms with van der Waals surface area (Å²) in [6.45, 7) is 0.0384. The maximum atomic E-state index is 11.4. The molecule has 0 fully saturated rings. The van der Waals surface area contributed by atoms with Crippen LogP contribution in [0.1, 0.15) is 28.4 Å². The molecule has 0 saturated heterocycles. The van der Waals surface area contributed by atoms with Gasteiger partial charge in [0.15, 0.2) is 0 Å². The predicted octanol–water partition coefficient (Wildman–Crippen LogP) is 1.27. The molecule has 108 valence electrons. The van der Waals surface area contributed by atoms with Gasteiger partial charge in [0.05, 0.1) is 13.2 Å². The van der Waals surface area contributed by atoms with Crippen molar-refractivity contribution in [3.63, 3.8) is 0 Å². The van der Waals surface area contributed by atoms with Crippen molar-refractivity contribution in [2.45, 2.75) is 18.6 Å². The summed E-state index contributed by atoms with van der Waals surface area (Å²) in [7, 11) is 1.17. The van der Waals surface area contributed by atoms with E-state index < -0.39 is 18.2 Å². The number of methoxy groups -OCH3 is 1. The quantitative estimate of drug-likeness (QED) is 0.312. The van der Waals surface area contributed by atoms with Gasteiger partial charge in [0.25, 0.3) is 0 Å². The number of nitrogens with zero attached hydrogens (tertiary/aromatic N) is 3. The molecule has 1 aromatic rings. The van der Waals surface area contributed by atoms with Crippen LogP contribution in [0, 0.1) is 0 Å². The number of aromatic hydroxyl groups is 1. The number of phenolic OH excluding ortho intramolecular Hbond substituents is 1. The minimum atomic E-state index is -1.27. The number of azide groups is 1. The molecule has 0 radical (unpaired) electrons. The Bertz CT molecular complexity index is 528. The second-order valence-corrected chi connectivity index (χ2v) is 4.02. The lowest BCUT2D eigenvalue weighted by molar-refractivity contribution is 0.0149. The zero-order valence-corrected chi connectivity index (χ0v) is 10.8. The molecule has 0 aliphatic carbocycles. The Morgan fingerprint density at radius 1 is 1.50 bits per heavy atom. The largest absolute Gasteiger partial charge is 0.507 e. The number of esters is 1. The van der Waals surface area contributed by atoms with Gasteiger partial charge in [-0.1, -0.05) is 11.2 Å². The molecule has 2 atom stereocenters. The van der Waals surface area contributed by atoms with E-state index in [1.165, 1.54) is 25.3 Å². The van der Waals surface area contributed by atoms with Crippen LogP contribution in [-0.4, -0.2) is 41.0 Å². The van der Waals surface area contributed by atoms with Crippen LogP contribution in [0.4, 0.5) is 0 Å². The summed E-state index contributed by atoms with van der Waals surface area (Å²) in [5.41, 5.74) is 8.27. The van der Waals surface area contributed by atoms with E-state index in [2.05, 4.69) is 14.8 Å². The van der Waals surface area contributed by atoms with Crippen molar-refractivity contribution < 1.29 is 24.9 Å². The molecule has 0 aliphatic heterocycles. The summed E-state index contributed by atoms with van der Waals surface area (Å²) >= 11 is 0. The van der Waals surface area contributed by atoms with Crippen LogP contribution < -0.4 is 0 Å². The lowest BCUT2D eigenvalue weighted by Gasteiger charge is -2.18. The minimum Gasteiger partial charge on any atom is -0.507 e. The first-order valence-corrected chi connectivity index (χ1v) is 5.79. The van der Waals surface area contributed by atoms with Crippen molar-refractivity contribution in [2.75, 3.05) is 13.7 Å². The summed E-state index contributed by atoms with van der Waals surface area (Å²) in [4.78, 5) is 13.9. The third-order valence-electron chi connectivity index (χ3n) is 2.72. The summed E-state index contributed by atoms with van der Waals surface area (Å²) in [5.74, 6) is -1.03. The van der Waals surface area contributed by atoms with Gasteiger partial charge < -0.3 is 20.1 Å². The van der Waals surface area contributed by atoms with Crippen molar-refractivity contribution in [3.8, 4) is 5.75 Å². The Morgan fingerprint density at radius 2 is 2.20 bits per heavy atom. The van der Waals surface area contributed by atoms with Crippen LogP contribution in [0.3, 0.4) is 0 Å². The Morgan fingerprint density at radius 3 is 2.80 bits per heavy atom. The van der Waals surface area contributed by atoms with Gasteiger partial charge in [-0.3, -0.25) is 0 Å². The van der Waals surface area contributed by atoms with Crippen LogP contribution >= 0.6 is 0 Å². The number of hydrogen-bond acceptors (Lipinski definition) is 6. The fourth-order valence-electron chi connectivity index (χ4n) is 1.63. The number of phenols is 1. The number of carbonyl (C=O) groups excluding carboxylic acids is 1. The number of rotatable bonds is 6. The highest BCUT2D eigenvalue weighted by Crippen LogP contribution is 2.25. The number of ether oxygens (including phenoxy) is 1. The maximum absolute atomic E-state index is 11.4. The van der Waals surface area contributed by atoms with E-state index in [1.54, 1.807) is 0 Å². The lowest BCUT2D eigenvalue weighted by atomic mass is 9.99. The van der Waals surface area contributed by atoms with E-state index in [0.29, 0.717) is 0 Å². The Hall–Kier alpha value is -2.28. The van der Waals surface area contributed by atoms with Gasteiger partial charge in [0.2, 0.25) is 0 Å². The molecule has 0 aliphatic rings. The predicted molar refractivity (Wildman–Crippen MR) is 69.0 cm³/mol. The van der Waals surface area contributed by atoms with E-state index in [-0.39, 0.29) is 29.8 Å². The average molecular weight is 281 g/mol. The Kier molecular flexibility index (Phi) is 5.79. The second kappa shape index (κ2) is 7.34. The van der Waals surface area contributed by atoms with Crippen molar-refractivity contribution in [2.24, 2.45) is 5.11 Å². The second-order valence-electron chi connectivity index (χ2n) is 4.02. The maximum Gasteiger partial charge on any atom is 0.341 e. The summed E-state index contributed by atoms with van der Waals surface area (Å²) in [6.07, 6.45) is -2.36. The van der Waals surface area contributed by atoms with Gasteiger partial charge in [0.1, 0.15) is 17.4 Å². The normalized spacial score (nSPS) is 13.2. The molecule has 0 spiro atoms. The van der Waals surface area contributed by atoms with E-state index in [9.17, 15) is 20.1 Å². The summed E-state index contributed by atoms with van der Waals surface area (Å²) < 4.78 is 4.49. The summed E-state index contributed by atoms with van der Waals surface area (Å²) in [5, 5.41) is 32.5. The molecule has 1 aromatic carbocycles. The monoisotopic (exact) mass is 281 g/mol. The van der Waals surface area contributed by atoms with Gasteiger partial charge in [0, 0.05) is 11.5 Å². The molecule has 20 heavy (non-hydrogen) atoms. The SMILES string of the molecule is COC(=O)c1cc(C(O)C(O)CCN=[N+]=[N-])ccc1O. The van der Waals surface area contributed by atoms with E-state index in [4.69, 9.17) is 5.53 Å². The Balaban J connectivity index is 2.90. The number of benzene rings is 1. The van der Waals surface area contributed by atoms with E-state index >= 15 is 0 Å². The van der Waals surface area contributed by atoms with Crippen molar-refractivity contribution in [3.05, 3.63) is 39.8 Å².